The first kappa shape index (κ1) is 16.9. The Morgan fingerprint density at radius 3 is 2.20 bits per heavy atom. The highest BCUT2D eigenvalue weighted by Crippen LogP contribution is 2.24. The molecule has 2 N–H and O–H groups in total. The maximum Gasteiger partial charge on any atom is 0.0948 e. The van der Waals surface area contributed by atoms with E-state index in [4.69, 9.17) is 18.0 Å². The van der Waals surface area contributed by atoms with Gasteiger partial charge in [0.1, 0.15) is 0 Å². The quantitative estimate of drug-likeness (QED) is 0.746. The summed E-state index contributed by atoms with van der Waals surface area (Å²) in [6, 6.07) is 8.54. The molecule has 1 unspecified atom stereocenters. The maximum atomic E-state index is 5.99. The Morgan fingerprint density at radius 1 is 1.20 bits per heavy atom. The molecule has 0 heterocycles. The van der Waals surface area contributed by atoms with E-state index in [0.29, 0.717) is 4.99 Å². The van der Waals surface area contributed by atoms with Gasteiger partial charge in [-0.25, -0.2) is 0 Å². The zero-order valence-electron chi connectivity index (χ0n) is 13.1. The third-order valence-corrected chi connectivity index (χ3v) is 3.79. The Balaban J connectivity index is 2.97. The minimum atomic E-state index is 0.0396. The molecule has 1 aromatic carbocycles. The molecule has 20 heavy (non-hydrogen) atoms. The molecule has 0 saturated heterocycles. The highest BCUT2D eigenvalue weighted by molar-refractivity contribution is 7.80. The fraction of sp³-hybridized carbons (Fsp3) is 0.562. The van der Waals surface area contributed by atoms with Crippen molar-refractivity contribution >= 4 is 22.9 Å². The van der Waals surface area contributed by atoms with Gasteiger partial charge in [-0.15, -0.1) is 0 Å². The standard InChI is InChI=1S/C16H27N3S/c1-5-7-12-19(6-2)15(16(17)20)13-8-10-14(11-9-13)18(3)4/h8-11,15H,5-7,12H2,1-4H3,(H2,17,20). The van der Waals surface area contributed by atoms with Crippen LogP contribution in [0.5, 0.6) is 0 Å². The van der Waals surface area contributed by atoms with Crippen LogP contribution in [0, 0.1) is 0 Å². The molecule has 0 aliphatic carbocycles. The topological polar surface area (TPSA) is 32.5 Å². The van der Waals surface area contributed by atoms with Crippen LogP contribution < -0.4 is 10.6 Å². The first-order valence-electron chi connectivity index (χ1n) is 7.31. The van der Waals surface area contributed by atoms with Gasteiger partial charge in [0.2, 0.25) is 0 Å². The zero-order chi connectivity index (χ0) is 15.1. The van der Waals surface area contributed by atoms with E-state index in [1.807, 2.05) is 14.1 Å². The van der Waals surface area contributed by atoms with E-state index >= 15 is 0 Å². The highest BCUT2D eigenvalue weighted by atomic mass is 32.1. The minimum absolute atomic E-state index is 0.0396. The van der Waals surface area contributed by atoms with Gasteiger partial charge in [-0.2, -0.15) is 0 Å². The maximum absolute atomic E-state index is 5.99. The second-order valence-corrected chi connectivity index (χ2v) is 5.74. The molecule has 1 atom stereocenters. The van der Waals surface area contributed by atoms with Crippen LogP contribution in [-0.4, -0.2) is 37.1 Å². The predicted octanol–water partition coefficient (Wildman–Crippen LogP) is 3.20. The largest absolute Gasteiger partial charge is 0.392 e. The minimum Gasteiger partial charge on any atom is -0.392 e. The lowest BCUT2D eigenvalue weighted by molar-refractivity contribution is 0.253. The van der Waals surface area contributed by atoms with Crippen molar-refractivity contribution in [3.8, 4) is 0 Å². The molecule has 0 aliphatic heterocycles. The number of anilines is 1. The van der Waals surface area contributed by atoms with E-state index in [1.165, 1.54) is 24.1 Å². The third-order valence-electron chi connectivity index (χ3n) is 3.56. The molecule has 0 spiro atoms. The zero-order valence-corrected chi connectivity index (χ0v) is 13.9. The highest BCUT2D eigenvalue weighted by Gasteiger charge is 2.21. The number of nitrogens with zero attached hydrogens (tertiary/aromatic N) is 2. The molecule has 0 bridgehead atoms. The van der Waals surface area contributed by atoms with Gasteiger partial charge in [0.05, 0.1) is 11.0 Å². The van der Waals surface area contributed by atoms with Crippen molar-refractivity contribution in [3.05, 3.63) is 29.8 Å². The predicted molar refractivity (Wildman–Crippen MR) is 92.5 cm³/mol. The van der Waals surface area contributed by atoms with Gasteiger partial charge in [-0.1, -0.05) is 44.6 Å². The molecule has 0 aromatic heterocycles. The van der Waals surface area contributed by atoms with Gasteiger partial charge in [0, 0.05) is 19.8 Å². The third kappa shape index (κ3) is 4.46. The van der Waals surface area contributed by atoms with Crippen molar-refractivity contribution in [1.29, 1.82) is 0 Å². The Morgan fingerprint density at radius 2 is 1.80 bits per heavy atom. The van der Waals surface area contributed by atoms with Gasteiger partial charge in [-0.3, -0.25) is 4.90 Å². The number of nitrogens with two attached hydrogens (primary N) is 1. The normalized spacial score (nSPS) is 12.4. The van der Waals surface area contributed by atoms with Gasteiger partial charge >= 0.3 is 0 Å². The molecular formula is C16H27N3S. The summed E-state index contributed by atoms with van der Waals surface area (Å²) in [7, 11) is 4.08. The summed E-state index contributed by atoms with van der Waals surface area (Å²) >= 11 is 5.30. The van der Waals surface area contributed by atoms with Crippen LogP contribution in [0.3, 0.4) is 0 Å². The van der Waals surface area contributed by atoms with Crippen LogP contribution in [0.2, 0.25) is 0 Å². The fourth-order valence-electron chi connectivity index (χ4n) is 2.34. The number of unbranched alkanes of at least 4 members (excludes halogenated alkanes) is 1. The first-order chi connectivity index (χ1) is 9.51. The Hall–Kier alpha value is -1.13. The van der Waals surface area contributed by atoms with E-state index in [1.54, 1.807) is 0 Å². The second kappa shape index (κ2) is 8.22. The van der Waals surface area contributed by atoms with E-state index in [-0.39, 0.29) is 6.04 Å². The molecule has 1 rings (SSSR count). The van der Waals surface area contributed by atoms with Crippen LogP contribution in [0.1, 0.15) is 38.3 Å². The van der Waals surface area contributed by atoms with Gasteiger partial charge in [0.15, 0.2) is 0 Å². The Bertz CT molecular complexity index is 414. The van der Waals surface area contributed by atoms with E-state index in [9.17, 15) is 0 Å². The Labute approximate surface area is 128 Å². The Kier molecular flexibility index (Phi) is 6.96. The SMILES string of the molecule is CCCCN(CC)C(C(N)=S)c1ccc(N(C)C)cc1. The lowest BCUT2D eigenvalue weighted by atomic mass is 10.0. The number of likely N-dealkylation sites (N-methyl/N-ethyl adjacent to an activating group) is 1. The fourth-order valence-corrected chi connectivity index (χ4v) is 2.63. The van der Waals surface area contributed by atoms with Crippen molar-refractivity contribution in [2.45, 2.75) is 32.7 Å². The molecule has 0 aliphatic rings. The molecule has 0 saturated carbocycles. The summed E-state index contributed by atoms with van der Waals surface area (Å²) in [6.45, 7) is 6.35. The second-order valence-electron chi connectivity index (χ2n) is 5.27. The average molecular weight is 293 g/mol. The molecule has 0 fully saturated rings. The number of thiocarbonyl (C=S) groups is 1. The molecular weight excluding hydrogens is 266 g/mol. The van der Waals surface area contributed by atoms with E-state index in [2.05, 4.69) is 47.9 Å². The summed E-state index contributed by atoms with van der Waals surface area (Å²) in [5.41, 5.74) is 8.36. The van der Waals surface area contributed by atoms with Crippen LogP contribution in [0.4, 0.5) is 5.69 Å². The lowest BCUT2D eigenvalue weighted by Crippen LogP contribution is -2.37. The molecule has 0 amide bonds. The average Bonchev–Trinajstić information content (AvgIpc) is 2.43. The van der Waals surface area contributed by atoms with Crippen molar-refractivity contribution < 1.29 is 0 Å². The molecule has 1 aromatic rings. The molecule has 3 nitrogen and oxygen atoms in total. The van der Waals surface area contributed by atoms with Crippen LogP contribution in [-0.2, 0) is 0 Å². The van der Waals surface area contributed by atoms with Crippen LogP contribution in [0.15, 0.2) is 24.3 Å². The number of hydrogen-bond acceptors (Lipinski definition) is 3. The number of rotatable bonds is 8. The number of hydrogen-bond donors (Lipinski definition) is 1. The van der Waals surface area contributed by atoms with E-state index < -0.39 is 0 Å². The van der Waals surface area contributed by atoms with E-state index in [0.717, 1.165) is 13.1 Å². The summed E-state index contributed by atoms with van der Waals surface area (Å²) < 4.78 is 0. The van der Waals surface area contributed by atoms with Gasteiger partial charge < -0.3 is 10.6 Å². The first-order valence-corrected chi connectivity index (χ1v) is 7.72. The van der Waals surface area contributed by atoms with Crippen LogP contribution in [0.25, 0.3) is 0 Å². The van der Waals surface area contributed by atoms with Crippen molar-refractivity contribution in [3.63, 3.8) is 0 Å². The van der Waals surface area contributed by atoms with Crippen molar-refractivity contribution in [1.82, 2.24) is 4.90 Å². The summed E-state index contributed by atoms with van der Waals surface area (Å²) in [4.78, 5) is 5.01. The smallest absolute Gasteiger partial charge is 0.0948 e. The van der Waals surface area contributed by atoms with Crippen molar-refractivity contribution in [2.75, 3.05) is 32.1 Å². The summed E-state index contributed by atoms with van der Waals surface area (Å²) in [5, 5.41) is 0. The molecule has 112 valence electrons. The number of benzene rings is 1. The van der Waals surface area contributed by atoms with Crippen LogP contribution >= 0.6 is 12.2 Å². The molecule has 0 radical (unpaired) electrons. The van der Waals surface area contributed by atoms with Gasteiger partial charge in [-0.05, 0) is 37.2 Å². The monoisotopic (exact) mass is 293 g/mol. The van der Waals surface area contributed by atoms with Gasteiger partial charge in [0.25, 0.3) is 0 Å². The lowest BCUT2D eigenvalue weighted by Gasteiger charge is -2.30. The summed E-state index contributed by atoms with van der Waals surface area (Å²) in [5.74, 6) is 0. The molecule has 4 heteroatoms. The summed E-state index contributed by atoms with van der Waals surface area (Å²) in [6.07, 6.45) is 2.35. The van der Waals surface area contributed by atoms with Crippen molar-refractivity contribution in [2.24, 2.45) is 5.73 Å².